The topological polar surface area (TPSA) is 76.8 Å². The molecule has 0 unspecified atom stereocenters. The molecule has 1 aromatic carbocycles. The van der Waals surface area contributed by atoms with Gasteiger partial charge in [0.1, 0.15) is 0 Å². The highest BCUT2D eigenvalue weighted by Gasteiger charge is 2.18. The average molecular weight is 328 g/mol. The second kappa shape index (κ2) is 7.67. The minimum atomic E-state index is 0. The number of nitrogens with one attached hydrogen (secondary N) is 1. The normalized spacial score (nSPS) is 17.9. The minimum absolute atomic E-state index is 0. The molecular weight excluding hydrogens is 306 g/mol. The summed E-state index contributed by atoms with van der Waals surface area (Å²) in [6.45, 7) is 3.01. The Bertz CT molecular complexity index is 519. The number of piperidine rings is 1. The number of halogens is 1. The highest BCUT2D eigenvalue weighted by molar-refractivity contribution is 5.85. The van der Waals surface area contributed by atoms with E-state index in [-0.39, 0.29) is 31.1 Å². The van der Waals surface area contributed by atoms with Gasteiger partial charge in [0.15, 0.2) is 11.5 Å². The lowest BCUT2D eigenvalue weighted by Crippen LogP contribution is -2.44. The Kier molecular flexibility index (Phi) is 5.88. The van der Waals surface area contributed by atoms with E-state index in [4.69, 9.17) is 15.2 Å². The standard InChI is InChI=1S/C15H21N3O3.ClH/c16-12-3-5-18(6-4-12)9-15(19)17-8-11-1-2-13-14(7-11)21-10-20-13;/h1-2,7,12H,3-6,8-10,16H2,(H,17,19);1H. The van der Waals surface area contributed by atoms with Crippen LogP contribution in [0.2, 0.25) is 0 Å². The number of ether oxygens (including phenoxy) is 2. The Labute approximate surface area is 136 Å². The van der Waals surface area contributed by atoms with Crippen molar-refractivity contribution in [3.63, 3.8) is 0 Å². The van der Waals surface area contributed by atoms with Crippen LogP contribution < -0.4 is 20.5 Å². The number of nitrogens with zero attached hydrogens (tertiary/aromatic N) is 1. The van der Waals surface area contributed by atoms with Crippen molar-refractivity contribution in [2.75, 3.05) is 26.4 Å². The van der Waals surface area contributed by atoms with E-state index < -0.39 is 0 Å². The van der Waals surface area contributed by atoms with Crippen molar-refractivity contribution in [1.82, 2.24) is 10.2 Å². The quantitative estimate of drug-likeness (QED) is 0.858. The third kappa shape index (κ3) is 4.25. The number of amides is 1. The van der Waals surface area contributed by atoms with Crippen molar-refractivity contribution in [3.05, 3.63) is 23.8 Å². The molecule has 22 heavy (non-hydrogen) atoms. The van der Waals surface area contributed by atoms with Crippen LogP contribution in [0, 0.1) is 0 Å². The lowest BCUT2D eigenvalue weighted by molar-refractivity contribution is -0.122. The molecule has 3 rings (SSSR count). The Morgan fingerprint density at radius 1 is 1.27 bits per heavy atom. The number of hydrogen-bond acceptors (Lipinski definition) is 5. The Hall–Kier alpha value is -1.50. The first kappa shape index (κ1) is 16.9. The van der Waals surface area contributed by atoms with Gasteiger partial charge in [-0.15, -0.1) is 12.4 Å². The van der Waals surface area contributed by atoms with Crippen LogP contribution in [-0.2, 0) is 11.3 Å². The summed E-state index contributed by atoms with van der Waals surface area (Å²) < 4.78 is 10.6. The molecule has 0 aromatic heterocycles. The third-order valence-electron chi connectivity index (χ3n) is 3.93. The zero-order valence-corrected chi connectivity index (χ0v) is 13.2. The monoisotopic (exact) mass is 327 g/mol. The van der Waals surface area contributed by atoms with Crippen molar-refractivity contribution in [2.45, 2.75) is 25.4 Å². The molecule has 0 atom stereocenters. The molecule has 1 amide bonds. The van der Waals surface area contributed by atoms with Gasteiger partial charge in [0.25, 0.3) is 0 Å². The van der Waals surface area contributed by atoms with Crippen LogP contribution in [0.3, 0.4) is 0 Å². The maximum Gasteiger partial charge on any atom is 0.234 e. The van der Waals surface area contributed by atoms with Gasteiger partial charge in [-0.25, -0.2) is 0 Å². The Balaban J connectivity index is 0.00000176. The molecule has 3 N–H and O–H groups in total. The van der Waals surface area contributed by atoms with Crippen LogP contribution >= 0.6 is 12.4 Å². The zero-order valence-electron chi connectivity index (χ0n) is 12.4. The SMILES string of the molecule is Cl.NC1CCN(CC(=O)NCc2ccc3c(c2)OCO3)CC1. The average Bonchev–Trinajstić information content (AvgIpc) is 2.95. The molecule has 1 aromatic rings. The Morgan fingerprint density at radius 2 is 2.00 bits per heavy atom. The van der Waals surface area contributed by atoms with Gasteiger partial charge in [0, 0.05) is 25.7 Å². The van der Waals surface area contributed by atoms with Gasteiger partial charge in [-0.3, -0.25) is 9.69 Å². The maximum atomic E-state index is 12.0. The predicted octanol–water partition coefficient (Wildman–Crippen LogP) is 0.876. The van der Waals surface area contributed by atoms with Crippen LogP contribution in [0.1, 0.15) is 18.4 Å². The molecule has 0 aliphatic carbocycles. The van der Waals surface area contributed by atoms with Gasteiger partial charge in [-0.05, 0) is 30.5 Å². The molecule has 2 aliphatic rings. The first-order valence-electron chi connectivity index (χ1n) is 7.34. The second-order valence-electron chi connectivity index (χ2n) is 5.58. The molecule has 0 bridgehead atoms. The third-order valence-corrected chi connectivity index (χ3v) is 3.93. The van der Waals surface area contributed by atoms with Gasteiger partial charge in [0.2, 0.25) is 12.7 Å². The van der Waals surface area contributed by atoms with Crippen molar-refractivity contribution in [3.8, 4) is 11.5 Å². The molecule has 1 saturated heterocycles. The maximum absolute atomic E-state index is 12.0. The fourth-order valence-corrected chi connectivity index (χ4v) is 2.62. The number of hydrogen-bond donors (Lipinski definition) is 2. The second-order valence-corrected chi connectivity index (χ2v) is 5.58. The fourth-order valence-electron chi connectivity index (χ4n) is 2.62. The molecular formula is C15H22ClN3O3. The van der Waals surface area contributed by atoms with E-state index in [2.05, 4.69) is 10.2 Å². The predicted molar refractivity (Wildman–Crippen MR) is 85.3 cm³/mol. The molecule has 2 aliphatic heterocycles. The van der Waals surface area contributed by atoms with E-state index in [1.54, 1.807) is 0 Å². The molecule has 7 heteroatoms. The first-order valence-corrected chi connectivity index (χ1v) is 7.34. The molecule has 0 radical (unpaired) electrons. The van der Waals surface area contributed by atoms with Crippen molar-refractivity contribution in [1.29, 1.82) is 0 Å². The highest BCUT2D eigenvalue weighted by Crippen LogP contribution is 2.32. The lowest BCUT2D eigenvalue weighted by atomic mass is 10.1. The molecule has 122 valence electrons. The Morgan fingerprint density at radius 3 is 2.77 bits per heavy atom. The summed E-state index contributed by atoms with van der Waals surface area (Å²) in [6, 6.07) is 6.00. The molecule has 2 heterocycles. The fraction of sp³-hybridized carbons (Fsp3) is 0.533. The first-order chi connectivity index (χ1) is 10.2. The molecule has 1 fully saturated rings. The van der Waals surface area contributed by atoms with Crippen molar-refractivity contribution >= 4 is 18.3 Å². The summed E-state index contributed by atoms with van der Waals surface area (Å²) in [7, 11) is 0. The lowest BCUT2D eigenvalue weighted by Gasteiger charge is -2.29. The summed E-state index contributed by atoms with van der Waals surface area (Å²) in [4.78, 5) is 14.1. The number of benzene rings is 1. The van der Waals surface area contributed by atoms with E-state index in [0.29, 0.717) is 13.1 Å². The smallest absolute Gasteiger partial charge is 0.234 e. The molecule has 0 spiro atoms. The summed E-state index contributed by atoms with van der Waals surface area (Å²) in [5.41, 5.74) is 6.87. The van der Waals surface area contributed by atoms with Gasteiger partial charge in [-0.1, -0.05) is 6.07 Å². The van der Waals surface area contributed by atoms with E-state index in [1.807, 2.05) is 18.2 Å². The van der Waals surface area contributed by atoms with Crippen LogP contribution in [0.25, 0.3) is 0 Å². The van der Waals surface area contributed by atoms with E-state index in [0.717, 1.165) is 43.0 Å². The summed E-state index contributed by atoms with van der Waals surface area (Å²) in [5, 5.41) is 2.94. The van der Waals surface area contributed by atoms with E-state index >= 15 is 0 Å². The molecule has 6 nitrogen and oxygen atoms in total. The van der Waals surface area contributed by atoms with Crippen molar-refractivity contribution in [2.24, 2.45) is 5.73 Å². The summed E-state index contributed by atoms with van der Waals surface area (Å²) >= 11 is 0. The van der Waals surface area contributed by atoms with Gasteiger partial charge in [0.05, 0.1) is 6.54 Å². The number of nitrogens with two attached hydrogens (primary N) is 1. The number of rotatable bonds is 4. The van der Waals surface area contributed by atoms with E-state index in [1.165, 1.54) is 0 Å². The zero-order chi connectivity index (χ0) is 14.7. The number of likely N-dealkylation sites (tertiary alicyclic amines) is 1. The minimum Gasteiger partial charge on any atom is -0.454 e. The van der Waals surface area contributed by atoms with Gasteiger partial charge >= 0.3 is 0 Å². The van der Waals surface area contributed by atoms with Gasteiger partial charge < -0.3 is 20.5 Å². The number of fused-ring (bicyclic) bond motifs is 1. The summed E-state index contributed by atoms with van der Waals surface area (Å²) in [6.07, 6.45) is 1.94. The van der Waals surface area contributed by atoms with E-state index in [9.17, 15) is 4.79 Å². The largest absolute Gasteiger partial charge is 0.454 e. The van der Waals surface area contributed by atoms with Crippen LogP contribution in [0.4, 0.5) is 0 Å². The number of carbonyl (C=O) groups is 1. The highest BCUT2D eigenvalue weighted by atomic mass is 35.5. The van der Waals surface area contributed by atoms with Crippen molar-refractivity contribution < 1.29 is 14.3 Å². The van der Waals surface area contributed by atoms with Crippen LogP contribution in [0.5, 0.6) is 11.5 Å². The van der Waals surface area contributed by atoms with Crippen LogP contribution in [0.15, 0.2) is 18.2 Å². The van der Waals surface area contributed by atoms with Crippen LogP contribution in [-0.4, -0.2) is 43.3 Å². The summed E-state index contributed by atoms with van der Waals surface area (Å²) in [5.74, 6) is 1.55. The van der Waals surface area contributed by atoms with Gasteiger partial charge in [-0.2, -0.15) is 0 Å². The molecule has 0 saturated carbocycles. The number of carbonyl (C=O) groups excluding carboxylic acids is 1.